The summed E-state index contributed by atoms with van der Waals surface area (Å²) in [5, 5.41) is 6.90. The van der Waals surface area contributed by atoms with Crippen LogP contribution in [0.3, 0.4) is 0 Å². The van der Waals surface area contributed by atoms with Crippen LogP contribution in [-0.2, 0) is 11.3 Å². The van der Waals surface area contributed by atoms with Crippen molar-refractivity contribution in [3.63, 3.8) is 0 Å². The third-order valence-corrected chi connectivity index (χ3v) is 5.30. The first-order chi connectivity index (χ1) is 10.7. The van der Waals surface area contributed by atoms with Crippen molar-refractivity contribution in [3.05, 3.63) is 78.1 Å². The van der Waals surface area contributed by atoms with Gasteiger partial charge in [-0.05, 0) is 19.9 Å². The summed E-state index contributed by atoms with van der Waals surface area (Å²) < 4.78 is 8.17. The molecule has 0 aliphatic rings. The molecule has 0 radical (unpaired) electrons. The van der Waals surface area contributed by atoms with Gasteiger partial charge in [-0.1, -0.05) is 60.7 Å². The van der Waals surface area contributed by atoms with Crippen LogP contribution < -0.4 is 10.6 Å². The van der Waals surface area contributed by atoms with Gasteiger partial charge in [-0.25, -0.2) is 4.68 Å². The molecule has 0 saturated heterocycles. The Hall–Kier alpha value is -1.96. The summed E-state index contributed by atoms with van der Waals surface area (Å²) >= 11 is 0. The summed E-state index contributed by atoms with van der Waals surface area (Å²) in [6.45, 7) is 4.52. The number of aryl methyl sites for hydroxylation is 2. The van der Waals surface area contributed by atoms with Gasteiger partial charge in [-0.15, -0.1) is 0 Å². The molecular formula is C18H19N2OP. The second-order valence-electron chi connectivity index (χ2n) is 5.15. The predicted octanol–water partition coefficient (Wildman–Crippen LogP) is 3.52. The van der Waals surface area contributed by atoms with Crippen LogP contribution in [0.5, 0.6) is 0 Å². The van der Waals surface area contributed by atoms with Gasteiger partial charge in [-0.2, -0.15) is 5.10 Å². The van der Waals surface area contributed by atoms with Gasteiger partial charge in [0, 0.05) is 16.3 Å². The SMILES string of the molecule is Cc1cc(C)n(COP(c2ccccc2)c2ccccc2)n1. The molecule has 0 fully saturated rings. The zero-order valence-electron chi connectivity index (χ0n) is 12.8. The minimum absolute atomic E-state index is 0.467. The van der Waals surface area contributed by atoms with E-state index in [2.05, 4.69) is 66.6 Å². The number of hydrogen-bond acceptors (Lipinski definition) is 2. The van der Waals surface area contributed by atoms with Crippen LogP contribution in [0.25, 0.3) is 0 Å². The molecule has 0 aliphatic heterocycles. The van der Waals surface area contributed by atoms with Crippen molar-refractivity contribution in [2.24, 2.45) is 0 Å². The second-order valence-corrected chi connectivity index (χ2v) is 7.03. The van der Waals surface area contributed by atoms with Crippen LogP contribution in [0.2, 0.25) is 0 Å². The molecule has 3 aromatic rings. The lowest BCUT2D eigenvalue weighted by Gasteiger charge is -2.19. The predicted molar refractivity (Wildman–Crippen MR) is 91.9 cm³/mol. The third-order valence-electron chi connectivity index (χ3n) is 3.39. The van der Waals surface area contributed by atoms with Gasteiger partial charge in [0.25, 0.3) is 0 Å². The van der Waals surface area contributed by atoms with Crippen molar-refractivity contribution in [2.75, 3.05) is 0 Å². The Bertz CT molecular complexity index is 686. The standard InChI is InChI=1S/C18H19N2OP/c1-15-13-16(2)20(19-15)14-21-22(17-9-5-3-6-10-17)18-11-7-4-8-12-18/h3-13H,14H2,1-2H3. The van der Waals surface area contributed by atoms with Crippen molar-refractivity contribution in [2.45, 2.75) is 20.6 Å². The van der Waals surface area contributed by atoms with E-state index in [9.17, 15) is 0 Å². The van der Waals surface area contributed by atoms with Crippen LogP contribution in [0.1, 0.15) is 11.4 Å². The molecule has 3 rings (SSSR count). The Labute approximate surface area is 132 Å². The molecule has 0 saturated carbocycles. The van der Waals surface area contributed by atoms with E-state index in [1.54, 1.807) is 0 Å². The molecule has 2 aromatic carbocycles. The second kappa shape index (κ2) is 6.87. The first-order valence-corrected chi connectivity index (χ1v) is 8.54. The average Bonchev–Trinajstić information content (AvgIpc) is 2.87. The van der Waals surface area contributed by atoms with E-state index in [4.69, 9.17) is 4.52 Å². The average molecular weight is 310 g/mol. The number of rotatable bonds is 5. The van der Waals surface area contributed by atoms with E-state index >= 15 is 0 Å². The fourth-order valence-corrected chi connectivity index (χ4v) is 4.05. The van der Waals surface area contributed by atoms with Crippen molar-refractivity contribution in [1.29, 1.82) is 0 Å². The highest BCUT2D eigenvalue weighted by atomic mass is 31.1. The Balaban J connectivity index is 1.85. The maximum absolute atomic E-state index is 6.26. The Morgan fingerprint density at radius 1 is 0.909 bits per heavy atom. The van der Waals surface area contributed by atoms with E-state index in [0.29, 0.717) is 6.73 Å². The number of hydrogen-bond donors (Lipinski definition) is 0. The highest BCUT2D eigenvalue weighted by Crippen LogP contribution is 2.35. The molecule has 0 aliphatic carbocycles. The summed E-state index contributed by atoms with van der Waals surface area (Å²) in [5.74, 6) is 0. The van der Waals surface area contributed by atoms with E-state index in [-0.39, 0.29) is 0 Å². The lowest BCUT2D eigenvalue weighted by Crippen LogP contribution is -2.15. The highest BCUT2D eigenvalue weighted by Gasteiger charge is 2.15. The largest absolute Gasteiger partial charge is 0.327 e. The smallest absolute Gasteiger partial charge is 0.144 e. The summed E-state index contributed by atoms with van der Waals surface area (Å²) in [6, 6.07) is 22.9. The van der Waals surface area contributed by atoms with Crippen LogP contribution in [0, 0.1) is 13.8 Å². The van der Waals surface area contributed by atoms with E-state index in [1.807, 2.05) is 23.7 Å². The van der Waals surface area contributed by atoms with Crippen LogP contribution in [0.15, 0.2) is 66.7 Å². The van der Waals surface area contributed by atoms with Crippen molar-refractivity contribution in [3.8, 4) is 0 Å². The Kier molecular flexibility index (Phi) is 4.67. The topological polar surface area (TPSA) is 27.1 Å². The van der Waals surface area contributed by atoms with Gasteiger partial charge in [0.15, 0.2) is 0 Å². The number of nitrogens with zero attached hydrogens (tertiary/aromatic N) is 2. The zero-order chi connectivity index (χ0) is 15.4. The molecule has 0 amide bonds. The van der Waals surface area contributed by atoms with Gasteiger partial charge in [0.05, 0.1) is 13.8 Å². The third kappa shape index (κ3) is 3.44. The van der Waals surface area contributed by atoms with Crippen LogP contribution in [-0.4, -0.2) is 9.78 Å². The normalized spacial score (nSPS) is 11.0. The molecule has 22 heavy (non-hydrogen) atoms. The minimum Gasteiger partial charge on any atom is -0.327 e. The minimum atomic E-state index is -0.839. The molecule has 3 nitrogen and oxygen atoms in total. The number of aromatic nitrogens is 2. The fourth-order valence-electron chi connectivity index (χ4n) is 2.34. The first kappa shape index (κ1) is 15.0. The van der Waals surface area contributed by atoms with Gasteiger partial charge in [0.1, 0.15) is 6.73 Å². The summed E-state index contributed by atoms with van der Waals surface area (Å²) in [6.07, 6.45) is 0. The van der Waals surface area contributed by atoms with E-state index in [0.717, 1.165) is 11.4 Å². The first-order valence-electron chi connectivity index (χ1n) is 7.28. The van der Waals surface area contributed by atoms with Gasteiger partial charge >= 0.3 is 0 Å². The molecule has 0 N–H and O–H groups in total. The van der Waals surface area contributed by atoms with Gasteiger partial charge in [0.2, 0.25) is 0 Å². The molecule has 0 atom stereocenters. The molecular weight excluding hydrogens is 291 g/mol. The molecule has 4 heteroatoms. The van der Waals surface area contributed by atoms with Crippen molar-refractivity contribution >= 4 is 18.8 Å². The summed E-state index contributed by atoms with van der Waals surface area (Å²) in [4.78, 5) is 0. The van der Waals surface area contributed by atoms with Crippen LogP contribution >= 0.6 is 8.15 Å². The van der Waals surface area contributed by atoms with E-state index < -0.39 is 8.15 Å². The molecule has 1 heterocycles. The maximum atomic E-state index is 6.26. The highest BCUT2D eigenvalue weighted by molar-refractivity contribution is 7.68. The lowest BCUT2D eigenvalue weighted by molar-refractivity contribution is 0.248. The quantitative estimate of drug-likeness (QED) is 0.674. The summed E-state index contributed by atoms with van der Waals surface area (Å²) in [5.41, 5.74) is 2.14. The van der Waals surface area contributed by atoms with E-state index in [1.165, 1.54) is 10.6 Å². The van der Waals surface area contributed by atoms with Crippen molar-refractivity contribution in [1.82, 2.24) is 9.78 Å². The number of benzene rings is 2. The fraction of sp³-hybridized carbons (Fsp3) is 0.167. The maximum Gasteiger partial charge on any atom is 0.144 e. The van der Waals surface area contributed by atoms with Gasteiger partial charge < -0.3 is 4.52 Å². The Morgan fingerprint density at radius 2 is 1.45 bits per heavy atom. The monoisotopic (exact) mass is 310 g/mol. The molecule has 0 bridgehead atoms. The summed E-state index contributed by atoms with van der Waals surface area (Å²) in [7, 11) is -0.839. The van der Waals surface area contributed by atoms with Crippen LogP contribution in [0.4, 0.5) is 0 Å². The Morgan fingerprint density at radius 3 is 1.91 bits per heavy atom. The lowest BCUT2D eigenvalue weighted by atomic mass is 10.4. The molecule has 0 spiro atoms. The molecule has 1 aromatic heterocycles. The molecule has 112 valence electrons. The zero-order valence-corrected chi connectivity index (χ0v) is 13.7. The van der Waals surface area contributed by atoms with Gasteiger partial charge in [-0.3, -0.25) is 0 Å². The molecule has 0 unspecified atom stereocenters. The van der Waals surface area contributed by atoms with Crippen molar-refractivity contribution < 1.29 is 4.52 Å².